The Balaban J connectivity index is 0.00000348. The molecule has 0 aliphatic carbocycles. The fourth-order valence-corrected chi connectivity index (χ4v) is 5.99. The number of nitrogens with two attached hydrogens (primary N) is 3. The van der Waals surface area contributed by atoms with Gasteiger partial charge in [-0.3, -0.25) is 4.79 Å². The number of amides is 1. The summed E-state index contributed by atoms with van der Waals surface area (Å²) in [5.41, 5.74) is 25.1. The van der Waals surface area contributed by atoms with Crippen LogP contribution in [0.1, 0.15) is 0 Å². The molecule has 14 heteroatoms. The van der Waals surface area contributed by atoms with E-state index in [2.05, 4.69) is 11.9 Å². The molecule has 230 valence electrons. The van der Waals surface area contributed by atoms with Gasteiger partial charge in [0.15, 0.2) is 0 Å². The second-order valence-electron chi connectivity index (χ2n) is 11.4. The predicted molar refractivity (Wildman–Crippen MR) is 186 cm³/mol. The monoisotopic (exact) mass is 690 g/mol. The third-order valence-corrected chi connectivity index (χ3v) is 8.23. The maximum Gasteiger partial charge on any atom is 2.00 e. The van der Waals surface area contributed by atoms with Crippen molar-refractivity contribution in [2.24, 2.45) is 0 Å². The van der Waals surface area contributed by atoms with Crippen molar-refractivity contribution in [3.05, 3.63) is 85.5 Å². The Morgan fingerprint density at radius 3 is 1.51 bits per heavy atom. The van der Waals surface area contributed by atoms with E-state index in [9.17, 15) is 4.79 Å². The molecule has 0 unspecified atom stereocenters. The average molecular weight is 692 g/mol. The van der Waals surface area contributed by atoms with E-state index in [-0.39, 0.29) is 25.4 Å². The molecule has 2 aliphatic heterocycles. The van der Waals surface area contributed by atoms with Gasteiger partial charge >= 0.3 is 19.5 Å². The van der Waals surface area contributed by atoms with Gasteiger partial charge in [0.1, 0.15) is 0 Å². The summed E-state index contributed by atoms with van der Waals surface area (Å²) in [6, 6.07) is 21.7. The van der Waals surface area contributed by atoms with Crippen LogP contribution < -0.4 is 32.5 Å². The quantitative estimate of drug-likeness (QED) is 0.107. The van der Waals surface area contributed by atoms with Crippen molar-refractivity contribution in [3.63, 3.8) is 0 Å². The van der Waals surface area contributed by atoms with Gasteiger partial charge in [0.2, 0.25) is 5.91 Å². The molecule has 0 radical (unpaired) electrons. The molecule has 4 aromatic carbocycles. The first-order valence-corrected chi connectivity index (χ1v) is 14.8. The first-order chi connectivity index (χ1) is 23.3. The Hall–Kier alpha value is -6.53. The standard InChI is InChI=1S/C35H23N12O.Zn/c1-2-27(48)39-18-6-10-22-26(14-18)35-46-30-21-9-5-17(38)13-25(21)33(44-30)42-28-19-7-3-15(36)11-23(19)32(40-28)41-29-20-8-4-16(37)12-24(20)34(43-29)45-31(22)47-35;/h2-14H,1H2,(H8-,36,37,38,39,40,41,42,43,44,45,46,47,48);/q-1;+2/p-1. The topological polar surface area (TPSA) is 213 Å². The van der Waals surface area contributed by atoms with Crippen molar-refractivity contribution < 1.29 is 24.3 Å². The van der Waals surface area contributed by atoms with Crippen molar-refractivity contribution in [2.45, 2.75) is 0 Å². The number of nitrogens with zero attached hydrogens (tertiary/aromatic N) is 8. The Morgan fingerprint density at radius 1 is 0.551 bits per heavy atom. The maximum atomic E-state index is 12.2. The van der Waals surface area contributed by atoms with Gasteiger partial charge in [-0.2, -0.15) is 0 Å². The summed E-state index contributed by atoms with van der Waals surface area (Å²) in [6.45, 7) is 3.55. The summed E-state index contributed by atoms with van der Waals surface area (Å²) >= 11 is 0. The third kappa shape index (κ3) is 4.85. The maximum absolute atomic E-state index is 12.2. The van der Waals surface area contributed by atoms with Crippen molar-refractivity contribution in [2.75, 3.05) is 22.5 Å². The molecule has 49 heavy (non-hydrogen) atoms. The summed E-state index contributed by atoms with van der Waals surface area (Å²) < 4.78 is 0. The van der Waals surface area contributed by atoms with Crippen molar-refractivity contribution >= 4 is 72.8 Å². The molecule has 2 aliphatic rings. The minimum absolute atomic E-state index is 0. The second kappa shape index (κ2) is 11.0. The summed E-state index contributed by atoms with van der Waals surface area (Å²) in [5.74, 6) is 1.16. The smallest absolute Gasteiger partial charge is 0.399 e. The fourth-order valence-electron chi connectivity index (χ4n) is 5.99. The molecule has 8 bridgehead atoms. The van der Waals surface area contributed by atoms with Gasteiger partial charge in [0, 0.05) is 67.6 Å². The first-order valence-electron chi connectivity index (χ1n) is 14.8. The SMILES string of the molecule is C=CC(=O)Nc1ccc2c3nc4nc(nc5[n-]c(nc6nc(nc([n-]3)c2c1)-c1ccc(N)cc1-6)c1ccc(N)cc51)-c1ccc(N)cc1-4.[Zn+2]. The van der Waals surface area contributed by atoms with Crippen LogP contribution in [0.15, 0.2) is 85.5 Å². The summed E-state index contributed by atoms with van der Waals surface area (Å²) in [7, 11) is 0. The number of carbonyl (C=O) groups excluding carboxylic acids is 1. The van der Waals surface area contributed by atoms with Crippen LogP contribution in [0.5, 0.6) is 0 Å². The zero-order chi connectivity index (χ0) is 32.7. The van der Waals surface area contributed by atoms with Crippen LogP contribution in [0.4, 0.5) is 22.7 Å². The molecule has 0 spiro atoms. The number of hydrogen-bond donors (Lipinski definition) is 4. The van der Waals surface area contributed by atoms with Crippen molar-refractivity contribution in [1.82, 2.24) is 39.9 Å². The van der Waals surface area contributed by atoms with Crippen LogP contribution in [-0.2, 0) is 24.3 Å². The predicted octanol–water partition coefficient (Wildman–Crippen LogP) is 5.00. The number of fused-ring (bicyclic) bond motifs is 20. The van der Waals surface area contributed by atoms with Gasteiger partial charge in [-0.1, -0.05) is 18.7 Å². The van der Waals surface area contributed by atoms with Crippen LogP contribution in [0, 0.1) is 0 Å². The number of aromatic nitrogens is 8. The third-order valence-electron chi connectivity index (χ3n) is 8.23. The van der Waals surface area contributed by atoms with Gasteiger partial charge in [-0.25, -0.2) is 9.97 Å². The van der Waals surface area contributed by atoms with Crippen LogP contribution in [0.3, 0.4) is 0 Å². The zero-order valence-electron chi connectivity index (χ0n) is 25.6. The molecule has 0 saturated carbocycles. The Morgan fingerprint density at radius 2 is 0.980 bits per heavy atom. The molecule has 7 aromatic rings. The van der Waals surface area contributed by atoms with Crippen molar-refractivity contribution in [1.29, 1.82) is 0 Å². The number of hydrogen-bond acceptors (Lipinski definition) is 10. The molecule has 9 rings (SSSR count). The molecule has 0 atom stereocenters. The Kier molecular flexibility index (Phi) is 6.72. The molecule has 5 heterocycles. The minimum atomic E-state index is -0.351. The fraction of sp³-hybridized carbons (Fsp3) is 0. The molecule has 7 N–H and O–H groups in total. The summed E-state index contributed by atoms with van der Waals surface area (Å²) in [4.78, 5) is 51.2. The zero-order valence-corrected chi connectivity index (χ0v) is 28.6. The molecular formula is C35H22N12OZn. The number of nitrogen functional groups attached to an aromatic ring is 3. The number of anilines is 4. The molecule has 0 fully saturated rings. The van der Waals surface area contributed by atoms with E-state index in [1.165, 1.54) is 6.08 Å². The van der Waals surface area contributed by atoms with Crippen molar-refractivity contribution in [3.8, 4) is 45.6 Å². The Bertz CT molecular complexity index is 2740. The van der Waals surface area contributed by atoms with Gasteiger partial charge in [-0.15, -0.1) is 0 Å². The summed E-state index contributed by atoms with van der Waals surface area (Å²) in [6.07, 6.45) is 1.20. The van der Waals surface area contributed by atoms with E-state index in [4.69, 9.17) is 57.1 Å². The normalized spacial score (nSPS) is 11.5. The van der Waals surface area contributed by atoms with E-state index >= 15 is 0 Å². The number of rotatable bonds is 2. The van der Waals surface area contributed by atoms with Gasteiger partial charge in [0.05, 0.1) is 23.3 Å². The van der Waals surface area contributed by atoms with Crippen LogP contribution in [0.25, 0.3) is 89.7 Å². The number of benzene rings is 4. The van der Waals surface area contributed by atoms with Crippen LogP contribution >= 0.6 is 0 Å². The first kappa shape index (κ1) is 29.8. The van der Waals surface area contributed by atoms with Gasteiger partial charge < -0.3 is 52.4 Å². The number of carbonyl (C=O) groups is 1. The molecule has 0 saturated heterocycles. The van der Waals surface area contributed by atoms with Gasteiger partial charge in [-0.05, 0) is 88.3 Å². The second-order valence-corrected chi connectivity index (χ2v) is 11.4. The largest absolute Gasteiger partial charge is 2.00 e. The van der Waals surface area contributed by atoms with Gasteiger partial charge in [0.25, 0.3) is 0 Å². The minimum Gasteiger partial charge on any atom is -0.399 e. The van der Waals surface area contributed by atoms with E-state index in [0.717, 1.165) is 10.9 Å². The van der Waals surface area contributed by atoms with Crippen LogP contribution in [0.2, 0.25) is 0 Å². The average Bonchev–Trinajstić information content (AvgIpc) is 3.79. The molecule has 13 nitrogen and oxygen atoms in total. The molecular weight excluding hydrogens is 670 g/mol. The Labute approximate surface area is 289 Å². The molecule has 1 amide bonds. The summed E-state index contributed by atoms with van der Waals surface area (Å²) in [5, 5.41) is 5.56. The number of nitrogens with one attached hydrogen (secondary N) is 1. The van der Waals surface area contributed by atoms with E-state index in [0.29, 0.717) is 101 Å². The molecule has 3 aromatic heterocycles. The van der Waals surface area contributed by atoms with E-state index < -0.39 is 0 Å². The van der Waals surface area contributed by atoms with E-state index in [1.54, 1.807) is 42.5 Å². The van der Waals surface area contributed by atoms with E-state index in [1.807, 2.05) is 30.3 Å². The van der Waals surface area contributed by atoms with Crippen LogP contribution in [-0.4, -0.2) is 35.8 Å².